The van der Waals surface area contributed by atoms with E-state index >= 15 is 0 Å². The first-order chi connectivity index (χ1) is 29.6. The van der Waals surface area contributed by atoms with Crippen LogP contribution in [0.2, 0.25) is 0 Å². The van der Waals surface area contributed by atoms with Gasteiger partial charge in [-0.1, -0.05) is 36.4 Å². The molecule has 5 N–H and O–H groups in total. The largest absolute Gasteiger partial charge is 0.412 e. The average molecular weight is 863 g/mol. The van der Waals surface area contributed by atoms with Gasteiger partial charge in [-0.05, 0) is 102 Å². The second-order valence-corrected chi connectivity index (χ2v) is 13.3. The molecule has 62 heavy (non-hydrogen) atoms. The van der Waals surface area contributed by atoms with Gasteiger partial charge in [-0.3, -0.25) is 10.1 Å². The molecule has 11 nitrogen and oxygen atoms in total. The summed E-state index contributed by atoms with van der Waals surface area (Å²) in [6.07, 6.45) is -6.37. The van der Waals surface area contributed by atoms with E-state index in [0.29, 0.717) is 33.2 Å². The van der Waals surface area contributed by atoms with Crippen LogP contribution in [0.3, 0.4) is 0 Å². The van der Waals surface area contributed by atoms with Crippen LogP contribution in [0, 0.1) is 21.7 Å². The van der Waals surface area contributed by atoms with Crippen molar-refractivity contribution in [3.8, 4) is 11.4 Å². The van der Waals surface area contributed by atoms with Crippen molar-refractivity contribution >= 4 is 44.6 Å². The number of alkyl halides is 6. The van der Waals surface area contributed by atoms with Crippen LogP contribution in [0.25, 0.3) is 33.2 Å². The number of hydrogen-bond acceptors (Lipinski definition) is 8. The molecule has 2 aromatic heterocycles. The molecule has 2 unspecified atom stereocenters. The van der Waals surface area contributed by atoms with Crippen molar-refractivity contribution in [2.45, 2.75) is 24.4 Å². The molecule has 19 heteroatoms. The number of nitrogens with one attached hydrogen (secondary N) is 2. The second-order valence-electron chi connectivity index (χ2n) is 13.3. The molecule has 0 amide bonds. The minimum atomic E-state index is -4.72. The highest BCUT2D eigenvalue weighted by atomic mass is 19.4. The number of aromatic nitrogens is 4. The number of benzene rings is 6. The number of para-hydroxylation sites is 4. The van der Waals surface area contributed by atoms with Gasteiger partial charge >= 0.3 is 12.4 Å². The Labute approximate surface area is 346 Å². The van der Waals surface area contributed by atoms with Crippen molar-refractivity contribution in [3.63, 3.8) is 0 Å². The van der Waals surface area contributed by atoms with Crippen molar-refractivity contribution in [1.82, 2.24) is 19.6 Å². The van der Waals surface area contributed by atoms with E-state index in [0.717, 1.165) is 13.2 Å². The number of nitro groups is 1. The second kappa shape index (κ2) is 18.4. The van der Waals surface area contributed by atoms with Crippen LogP contribution in [0.15, 0.2) is 146 Å². The molecule has 320 valence electrons. The zero-order valence-electron chi connectivity index (χ0n) is 32.1. The molecule has 8 aromatic rings. The number of hydrogen-bond donors (Lipinski definition) is 4. The lowest BCUT2D eigenvalue weighted by Gasteiger charge is -2.24. The number of nitrogens with two attached hydrogens (primary N) is 1. The minimum Gasteiger partial charge on any atom is -0.400 e. The molecule has 0 fully saturated rings. The fourth-order valence-electron chi connectivity index (χ4n) is 6.44. The molecule has 0 aliphatic rings. The molecular weight excluding hydrogens is 829 g/mol. The summed E-state index contributed by atoms with van der Waals surface area (Å²) in [5.41, 5.74) is 7.73. The number of rotatable bonds is 9. The number of anilines is 3. The molecule has 0 spiro atoms. The number of nitro benzene ring substituents is 1. The lowest BCUT2D eigenvalue weighted by Crippen LogP contribution is -2.28. The molecule has 0 saturated carbocycles. The van der Waals surface area contributed by atoms with Gasteiger partial charge in [0.15, 0.2) is 0 Å². The van der Waals surface area contributed by atoms with Gasteiger partial charge in [-0.2, -0.15) is 36.5 Å². The normalized spacial score (nSPS) is 12.4. The van der Waals surface area contributed by atoms with E-state index < -0.39 is 40.9 Å². The number of nitrogens with zero attached hydrogens (tertiary/aromatic N) is 5. The Morgan fingerprint density at radius 1 is 0.613 bits per heavy atom. The molecule has 0 bridgehead atoms. The quantitative estimate of drug-likeness (QED) is 0.0485. The van der Waals surface area contributed by atoms with Crippen LogP contribution < -0.4 is 16.4 Å². The summed E-state index contributed by atoms with van der Waals surface area (Å²) >= 11 is 0. The fraction of sp³-hybridized carbons (Fsp3) is 0.116. The zero-order valence-corrected chi connectivity index (χ0v) is 32.1. The first-order valence-corrected chi connectivity index (χ1v) is 18.2. The van der Waals surface area contributed by atoms with Gasteiger partial charge in [0.1, 0.15) is 29.4 Å². The van der Waals surface area contributed by atoms with Crippen LogP contribution in [0.5, 0.6) is 0 Å². The van der Waals surface area contributed by atoms with Gasteiger partial charge in [0, 0.05) is 23.9 Å². The zero-order chi connectivity index (χ0) is 44.8. The highest BCUT2D eigenvalue weighted by Crippen LogP contribution is 2.40. The van der Waals surface area contributed by atoms with E-state index in [1.807, 2.05) is 0 Å². The Hall–Kier alpha value is -7.54. The Kier molecular flexibility index (Phi) is 13.1. The molecular formula is C43H34F8N8O3. The van der Waals surface area contributed by atoms with E-state index in [2.05, 4.69) is 20.8 Å². The average Bonchev–Trinajstić information content (AvgIpc) is 3.87. The molecule has 2 heterocycles. The first kappa shape index (κ1) is 44.0. The lowest BCUT2D eigenvalue weighted by molar-refractivity contribution is -0.384. The Morgan fingerprint density at radius 3 is 1.44 bits per heavy atom. The monoisotopic (exact) mass is 862 g/mol. The maximum absolute atomic E-state index is 13.8. The van der Waals surface area contributed by atoms with Gasteiger partial charge in [0.2, 0.25) is 0 Å². The Bertz CT molecular complexity index is 2790. The topological polar surface area (TPSA) is 149 Å². The Balaban J connectivity index is 0.000000199. The minimum absolute atomic E-state index is 0.0342. The molecule has 0 aliphatic carbocycles. The summed E-state index contributed by atoms with van der Waals surface area (Å²) in [7, 11) is 1.00. The first-order valence-electron chi connectivity index (χ1n) is 18.2. The summed E-state index contributed by atoms with van der Waals surface area (Å²) in [6, 6.07) is 27.0. The maximum atomic E-state index is 13.8. The van der Waals surface area contributed by atoms with Crippen LogP contribution in [-0.4, -0.2) is 49.1 Å². The van der Waals surface area contributed by atoms with Gasteiger partial charge in [-0.25, -0.2) is 18.1 Å². The van der Waals surface area contributed by atoms with Gasteiger partial charge in [0.25, 0.3) is 5.69 Å². The summed E-state index contributed by atoms with van der Waals surface area (Å²) in [5.74, 6) is -0.802. The third kappa shape index (κ3) is 9.90. The molecule has 0 saturated heterocycles. The summed E-state index contributed by atoms with van der Waals surface area (Å²) in [5, 5.41) is 32.3. The van der Waals surface area contributed by atoms with Crippen molar-refractivity contribution in [3.05, 3.63) is 179 Å². The highest BCUT2D eigenvalue weighted by molar-refractivity contribution is 5.82. The predicted molar refractivity (Wildman–Crippen MR) is 219 cm³/mol. The van der Waals surface area contributed by atoms with Gasteiger partial charge < -0.3 is 21.5 Å². The van der Waals surface area contributed by atoms with Crippen LogP contribution in [-0.2, 0) is 0 Å². The van der Waals surface area contributed by atoms with Crippen molar-refractivity contribution in [1.29, 1.82) is 0 Å². The smallest absolute Gasteiger partial charge is 0.400 e. The van der Waals surface area contributed by atoms with Crippen LogP contribution in [0.4, 0.5) is 57.9 Å². The molecule has 0 aliphatic heterocycles. The van der Waals surface area contributed by atoms with Gasteiger partial charge in [-0.15, -0.1) is 0 Å². The van der Waals surface area contributed by atoms with Crippen molar-refractivity contribution < 1.29 is 45.2 Å². The summed E-state index contributed by atoms with van der Waals surface area (Å²) < 4.78 is 112. The highest BCUT2D eigenvalue weighted by Gasteiger charge is 2.42. The summed E-state index contributed by atoms with van der Waals surface area (Å²) in [6.45, 7) is 0. The number of aliphatic hydroxyl groups excluding tert-OH is 1. The number of halogens is 8. The van der Waals surface area contributed by atoms with Gasteiger partial charge in [0.05, 0.1) is 51.1 Å². The van der Waals surface area contributed by atoms with Crippen molar-refractivity contribution in [2.24, 2.45) is 0 Å². The lowest BCUT2D eigenvalue weighted by atomic mass is 10.0. The molecule has 6 aromatic carbocycles. The predicted octanol–water partition coefficient (Wildman–Crippen LogP) is 10.9. The molecule has 0 radical (unpaired) electrons. The van der Waals surface area contributed by atoms with E-state index in [9.17, 15) is 45.2 Å². The number of nitrogen functional groups attached to an aromatic ring is 1. The third-order valence-electron chi connectivity index (χ3n) is 9.31. The number of aliphatic hydroxyl groups is 1. The van der Waals surface area contributed by atoms with Crippen LogP contribution in [0.1, 0.15) is 23.2 Å². The fourth-order valence-corrected chi connectivity index (χ4v) is 6.44. The van der Waals surface area contributed by atoms with E-state index in [-0.39, 0.29) is 34.0 Å². The standard InChI is InChI=1S/C21H14F4N4O2.C21H16F4N4.CH4O/c22-15-6-8-16(9-7-15)28-18-10-5-13(11-14(18)12-26-28)20(21(23,24)25)27-17-3-1-2-4-19(17)29(30)31;22-15-6-8-16(9-7-15)29-19-10-5-13(11-14(19)12-27-29)20(21(23,24)25)28-18-4-2-1-3-17(18)26;1-2/h1-12,20,27H;1-12,20,28H,26H2;2H,1H3. The van der Waals surface area contributed by atoms with Crippen LogP contribution >= 0.6 is 0 Å². The SMILES string of the molecule is CO.Nc1ccccc1NC(c1ccc2c(cnn2-c2ccc(F)cc2)c1)C(F)(F)F.O=[N+]([O-])c1ccccc1NC(c1ccc2c(cnn2-c2ccc(F)cc2)c1)C(F)(F)F. The number of fused-ring (bicyclic) bond motifs is 2. The third-order valence-corrected chi connectivity index (χ3v) is 9.31. The van der Waals surface area contributed by atoms with Crippen molar-refractivity contribution in [2.75, 3.05) is 23.5 Å². The maximum Gasteiger partial charge on any atom is 0.412 e. The summed E-state index contributed by atoms with van der Waals surface area (Å²) in [4.78, 5) is 10.4. The molecule has 8 rings (SSSR count). The van der Waals surface area contributed by atoms with E-state index in [1.54, 1.807) is 35.0 Å². The molecule has 2 atom stereocenters. The van der Waals surface area contributed by atoms with E-state index in [4.69, 9.17) is 10.8 Å². The van der Waals surface area contributed by atoms with E-state index in [1.165, 1.54) is 114 Å². The Morgan fingerprint density at radius 2 is 1.02 bits per heavy atom.